The van der Waals surface area contributed by atoms with Crippen molar-refractivity contribution in [1.82, 2.24) is 14.5 Å². The van der Waals surface area contributed by atoms with Gasteiger partial charge >= 0.3 is 5.69 Å². The monoisotopic (exact) mass is 305 g/mol. The molecule has 1 aromatic heterocycles. The molecule has 2 rings (SSSR count). The molecule has 0 bridgehead atoms. The fourth-order valence-electron chi connectivity index (χ4n) is 2.32. The minimum absolute atomic E-state index is 0.141. The van der Waals surface area contributed by atoms with Crippen molar-refractivity contribution in [2.24, 2.45) is 0 Å². The molecule has 1 amide bonds. The lowest BCUT2D eigenvalue weighted by Crippen LogP contribution is -2.43. The van der Waals surface area contributed by atoms with Crippen molar-refractivity contribution in [2.45, 2.75) is 26.0 Å². The number of aromatic nitrogens is 2. The van der Waals surface area contributed by atoms with E-state index in [1.54, 1.807) is 45.2 Å². The van der Waals surface area contributed by atoms with Gasteiger partial charge in [-0.2, -0.15) is 0 Å². The molecule has 1 aromatic carbocycles. The van der Waals surface area contributed by atoms with Crippen molar-refractivity contribution in [3.05, 3.63) is 45.1 Å². The molecule has 0 aliphatic rings. The smallest absolute Gasteiger partial charge is 0.329 e. The Balaban J connectivity index is 2.38. The number of rotatable bonds is 4. The van der Waals surface area contributed by atoms with Crippen LogP contribution in [0.4, 0.5) is 0 Å². The second kappa shape index (κ2) is 5.76. The molecule has 0 saturated heterocycles. The molecule has 118 valence electrons. The topological polar surface area (TPSA) is 95.4 Å². The van der Waals surface area contributed by atoms with Crippen LogP contribution >= 0.6 is 0 Å². The van der Waals surface area contributed by atoms with Crippen LogP contribution in [-0.2, 0) is 11.3 Å². The number of likely N-dealkylation sites (N-methyl/N-ethyl adjacent to an activating group) is 1. The summed E-state index contributed by atoms with van der Waals surface area (Å²) < 4.78 is 1.22. The first kappa shape index (κ1) is 16.0. The van der Waals surface area contributed by atoms with Crippen LogP contribution in [0.2, 0.25) is 0 Å². The molecule has 1 heterocycles. The highest BCUT2D eigenvalue weighted by Crippen LogP contribution is 2.08. The molecule has 0 atom stereocenters. The Morgan fingerprint density at radius 2 is 1.95 bits per heavy atom. The summed E-state index contributed by atoms with van der Waals surface area (Å²) in [6.07, 6.45) is 0. The molecular formula is C15H19N3O4. The second-order valence-corrected chi connectivity index (χ2v) is 5.92. The summed E-state index contributed by atoms with van der Waals surface area (Å²) in [4.78, 5) is 39.5. The molecule has 22 heavy (non-hydrogen) atoms. The number of hydrogen-bond donors (Lipinski definition) is 2. The van der Waals surface area contributed by atoms with Crippen molar-refractivity contribution in [3.8, 4) is 0 Å². The van der Waals surface area contributed by atoms with Crippen molar-refractivity contribution >= 4 is 16.8 Å². The van der Waals surface area contributed by atoms with Crippen molar-refractivity contribution in [1.29, 1.82) is 0 Å². The van der Waals surface area contributed by atoms with Crippen molar-refractivity contribution in [2.75, 3.05) is 13.6 Å². The highest BCUT2D eigenvalue weighted by molar-refractivity contribution is 5.81. The lowest BCUT2D eigenvalue weighted by molar-refractivity contribution is -0.133. The summed E-state index contributed by atoms with van der Waals surface area (Å²) in [5.41, 5.74) is -1.73. The van der Waals surface area contributed by atoms with E-state index in [2.05, 4.69) is 4.98 Å². The van der Waals surface area contributed by atoms with Crippen LogP contribution in [0.25, 0.3) is 10.9 Å². The van der Waals surface area contributed by atoms with Gasteiger partial charge in [0.05, 0.1) is 16.5 Å². The van der Waals surface area contributed by atoms with E-state index in [0.717, 1.165) is 0 Å². The average molecular weight is 305 g/mol. The zero-order chi connectivity index (χ0) is 16.5. The molecule has 0 spiro atoms. The molecule has 7 heteroatoms. The highest BCUT2D eigenvalue weighted by Gasteiger charge is 2.20. The maximum Gasteiger partial charge on any atom is 0.329 e. The molecule has 0 aliphatic carbocycles. The van der Waals surface area contributed by atoms with E-state index in [9.17, 15) is 19.5 Å². The van der Waals surface area contributed by atoms with E-state index in [4.69, 9.17) is 0 Å². The normalized spacial score (nSPS) is 11.6. The van der Waals surface area contributed by atoms with Crippen LogP contribution in [-0.4, -0.2) is 44.7 Å². The van der Waals surface area contributed by atoms with Crippen LogP contribution in [0.3, 0.4) is 0 Å². The molecule has 2 N–H and O–H groups in total. The predicted molar refractivity (Wildman–Crippen MR) is 82.8 cm³/mol. The molecule has 2 aromatic rings. The molecule has 0 saturated carbocycles. The van der Waals surface area contributed by atoms with Crippen LogP contribution in [0.1, 0.15) is 13.8 Å². The third-order valence-corrected chi connectivity index (χ3v) is 3.25. The number of fused-ring (bicyclic) bond motifs is 1. The van der Waals surface area contributed by atoms with Gasteiger partial charge in [-0.05, 0) is 26.0 Å². The summed E-state index contributed by atoms with van der Waals surface area (Å²) >= 11 is 0. The van der Waals surface area contributed by atoms with E-state index in [0.29, 0.717) is 10.9 Å². The van der Waals surface area contributed by atoms with Crippen molar-refractivity contribution in [3.63, 3.8) is 0 Å². The number of aliphatic hydroxyl groups is 1. The lowest BCUT2D eigenvalue weighted by atomic mass is 10.1. The van der Waals surface area contributed by atoms with E-state index >= 15 is 0 Å². The number of benzene rings is 1. The number of nitrogens with zero attached hydrogens (tertiary/aromatic N) is 2. The summed E-state index contributed by atoms with van der Waals surface area (Å²) in [5, 5.41) is 10.1. The first-order valence-corrected chi connectivity index (χ1v) is 6.87. The number of H-pyrrole nitrogens is 1. The largest absolute Gasteiger partial charge is 0.389 e. The average Bonchev–Trinajstić information content (AvgIpc) is 2.41. The zero-order valence-corrected chi connectivity index (χ0v) is 12.8. The van der Waals surface area contributed by atoms with Gasteiger partial charge in [-0.3, -0.25) is 19.1 Å². The van der Waals surface area contributed by atoms with E-state index in [-0.39, 0.29) is 19.0 Å². The molecule has 0 unspecified atom stereocenters. The van der Waals surface area contributed by atoms with Crippen molar-refractivity contribution < 1.29 is 9.90 Å². The van der Waals surface area contributed by atoms with Crippen LogP contribution in [0, 0.1) is 0 Å². The van der Waals surface area contributed by atoms with Gasteiger partial charge in [-0.15, -0.1) is 0 Å². The standard InChI is InChI=1S/C15H19N3O4/c1-15(2,22)9-17(3)12(19)8-18-11-7-5-4-6-10(11)13(20)16-14(18)21/h4-7,22H,8-9H2,1-3H3,(H,16,20,21). The second-order valence-electron chi connectivity index (χ2n) is 5.92. The van der Waals surface area contributed by atoms with Gasteiger partial charge in [0.25, 0.3) is 5.56 Å². The number of carbonyl (C=O) groups excluding carboxylic acids is 1. The summed E-state index contributed by atoms with van der Waals surface area (Å²) in [6.45, 7) is 3.13. The summed E-state index contributed by atoms with van der Waals surface area (Å²) in [5.74, 6) is -0.332. The number of hydrogen-bond acceptors (Lipinski definition) is 4. The van der Waals surface area contributed by atoms with Crippen LogP contribution in [0.5, 0.6) is 0 Å². The minimum Gasteiger partial charge on any atom is -0.389 e. The molecular weight excluding hydrogens is 286 g/mol. The third-order valence-electron chi connectivity index (χ3n) is 3.25. The van der Waals surface area contributed by atoms with E-state index < -0.39 is 16.9 Å². The molecule has 0 fully saturated rings. The number of amides is 1. The third kappa shape index (κ3) is 3.43. The Kier molecular flexibility index (Phi) is 4.18. The first-order chi connectivity index (χ1) is 10.2. The van der Waals surface area contributed by atoms with Crippen LogP contribution < -0.4 is 11.2 Å². The Morgan fingerprint density at radius 1 is 1.32 bits per heavy atom. The van der Waals surface area contributed by atoms with Gasteiger partial charge in [-0.25, -0.2) is 4.79 Å². The fourth-order valence-corrected chi connectivity index (χ4v) is 2.32. The first-order valence-electron chi connectivity index (χ1n) is 6.87. The van der Waals surface area contributed by atoms with Gasteiger partial charge in [0.1, 0.15) is 6.54 Å². The number of aromatic amines is 1. The zero-order valence-electron chi connectivity index (χ0n) is 12.8. The predicted octanol–water partition coefficient (Wildman–Crippen LogP) is -0.0809. The van der Waals surface area contributed by atoms with Gasteiger partial charge in [-0.1, -0.05) is 12.1 Å². The highest BCUT2D eigenvalue weighted by atomic mass is 16.3. The van der Waals surface area contributed by atoms with Crippen LogP contribution in [0.15, 0.2) is 33.9 Å². The maximum atomic E-state index is 12.2. The van der Waals surface area contributed by atoms with E-state index in [1.165, 1.54) is 9.47 Å². The Hall–Kier alpha value is -2.41. The number of nitrogens with one attached hydrogen (secondary N) is 1. The van der Waals surface area contributed by atoms with Gasteiger partial charge in [0.15, 0.2) is 0 Å². The fraction of sp³-hybridized carbons (Fsp3) is 0.400. The van der Waals surface area contributed by atoms with Gasteiger partial charge < -0.3 is 10.0 Å². The molecule has 0 radical (unpaired) electrons. The summed E-state index contributed by atoms with van der Waals surface area (Å²) in [7, 11) is 1.55. The van der Waals surface area contributed by atoms with Gasteiger partial charge in [0, 0.05) is 13.6 Å². The minimum atomic E-state index is -1.03. The quantitative estimate of drug-likeness (QED) is 0.826. The molecule has 0 aliphatic heterocycles. The Morgan fingerprint density at radius 3 is 2.59 bits per heavy atom. The number of carbonyl (C=O) groups is 1. The Labute approximate surface area is 126 Å². The summed E-state index contributed by atoms with van der Waals surface area (Å²) in [6, 6.07) is 6.60. The van der Waals surface area contributed by atoms with E-state index in [1.807, 2.05) is 0 Å². The Bertz CT molecular complexity index is 814. The number of para-hydroxylation sites is 1. The maximum absolute atomic E-state index is 12.2. The lowest BCUT2D eigenvalue weighted by Gasteiger charge is -2.25. The SMILES string of the molecule is CN(CC(C)(C)O)C(=O)Cn1c(=O)[nH]c(=O)c2ccccc21. The van der Waals surface area contributed by atoms with Gasteiger partial charge in [0.2, 0.25) is 5.91 Å². The molecule has 7 nitrogen and oxygen atoms in total.